The number of quaternary nitrogens is 1. The highest BCUT2D eigenvalue weighted by Gasteiger charge is 2.36. The summed E-state index contributed by atoms with van der Waals surface area (Å²) in [5.74, 6) is 0.691. The molecule has 0 saturated carbocycles. The van der Waals surface area contributed by atoms with Crippen LogP contribution in [0.25, 0.3) is 0 Å². The van der Waals surface area contributed by atoms with Gasteiger partial charge in [0.05, 0.1) is 19.6 Å². The molecule has 1 aliphatic rings. The number of hydrogen-bond donors (Lipinski definition) is 1. The van der Waals surface area contributed by atoms with E-state index in [1.54, 1.807) is 0 Å². The molecule has 1 heterocycles. The van der Waals surface area contributed by atoms with Crippen molar-refractivity contribution < 1.29 is 9.28 Å². The average molecular weight is 352 g/mol. The van der Waals surface area contributed by atoms with Crippen molar-refractivity contribution >= 4 is 11.6 Å². The molecule has 0 aromatic heterocycles. The van der Waals surface area contributed by atoms with Crippen molar-refractivity contribution in [2.75, 3.05) is 31.5 Å². The SMILES string of the molecule is CC[N+]1(CC(=O)Nc2c(C)cccc2C)CCCC(c2ccccc2)C1. The standard InChI is InChI=1S/C23H30N2O/c1-4-25(15-9-14-21(16-25)20-12-6-5-7-13-20)17-22(26)24-23-18(2)10-8-11-19(23)3/h5-8,10-13,21H,4,9,14-17H2,1-3H3/p+1. The van der Waals surface area contributed by atoms with E-state index in [1.807, 2.05) is 6.07 Å². The first-order chi connectivity index (χ1) is 12.5. The van der Waals surface area contributed by atoms with E-state index in [1.165, 1.54) is 18.4 Å². The second-order valence-corrected chi connectivity index (χ2v) is 7.79. The van der Waals surface area contributed by atoms with E-state index in [9.17, 15) is 4.79 Å². The fraction of sp³-hybridized carbons (Fsp3) is 0.435. The highest BCUT2D eigenvalue weighted by molar-refractivity contribution is 5.93. The van der Waals surface area contributed by atoms with Crippen LogP contribution >= 0.6 is 0 Å². The maximum Gasteiger partial charge on any atom is 0.279 e. The number of aryl methyl sites for hydroxylation is 2. The molecular formula is C23H31N2O+. The quantitative estimate of drug-likeness (QED) is 0.780. The highest BCUT2D eigenvalue weighted by Crippen LogP contribution is 2.31. The molecule has 1 N–H and O–H groups in total. The van der Waals surface area contributed by atoms with E-state index in [0.29, 0.717) is 12.5 Å². The summed E-state index contributed by atoms with van der Waals surface area (Å²) in [7, 11) is 0. The highest BCUT2D eigenvalue weighted by atomic mass is 16.2. The van der Waals surface area contributed by atoms with Gasteiger partial charge in [0.1, 0.15) is 0 Å². The molecule has 2 aromatic rings. The fourth-order valence-corrected chi connectivity index (χ4v) is 4.36. The van der Waals surface area contributed by atoms with E-state index in [4.69, 9.17) is 0 Å². The Bertz CT molecular complexity index is 736. The third-order valence-electron chi connectivity index (χ3n) is 5.96. The number of nitrogens with one attached hydrogen (secondary N) is 1. The van der Waals surface area contributed by atoms with Crippen LogP contribution in [0.5, 0.6) is 0 Å². The summed E-state index contributed by atoms with van der Waals surface area (Å²) in [6.45, 7) is 10.1. The number of rotatable bonds is 5. The Hall–Kier alpha value is -2.13. The minimum Gasteiger partial charge on any atom is -0.321 e. The van der Waals surface area contributed by atoms with Gasteiger partial charge in [-0.3, -0.25) is 4.79 Å². The molecule has 1 fully saturated rings. The summed E-state index contributed by atoms with van der Waals surface area (Å²) in [5.41, 5.74) is 4.64. The van der Waals surface area contributed by atoms with E-state index in [2.05, 4.69) is 68.6 Å². The zero-order valence-electron chi connectivity index (χ0n) is 16.3. The molecule has 26 heavy (non-hydrogen) atoms. The molecule has 138 valence electrons. The number of benzene rings is 2. The van der Waals surface area contributed by atoms with Crippen LogP contribution in [0, 0.1) is 13.8 Å². The van der Waals surface area contributed by atoms with Crippen molar-refractivity contribution in [3.05, 3.63) is 65.2 Å². The zero-order valence-corrected chi connectivity index (χ0v) is 16.3. The lowest BCUT2D eigenvalue weighted by atomic mass is 9.89. The number of anilines is 1. The summed E-state index contributed by atoms with van der Waals surface area (Å²) in [6.07, 6.45) is 2.41. The first-order valence-corrected chi connectivity index (χ1v) is 9.79. The van der Waals surface area contributed by atoms with Crippen LogP contribution in [0.1, 0.15) is 42.4 Å². The lowest BCUT2D eigenvalue weighted by molar-refractivity contribution is -0.924. The monoisotopic (exact) mass is 351 g/mol. The topological polar surface area (TPSA) is 29.1 Å². The molecule has 0 spiro atoms. The maximum atomic E-state index is 12.9. The van der Waals surface area contributed by atoms with Gasteiger partial charge in [-0.25, -0.2) is 0 Å². The lowest BCUT2D eigenvalue weighted by Crippen LogP contribution is -2.56. The fourth-order valence-electron chi connectivity index (χ4n) is 4.36. The van der Waals surface area contributed by atoms with Crippen molar-refractivity contribution in [2.24, 2.45) is 0 Å². The van der Waals surface area contributed by atoms with Crippen LogP contribution < -0.4 is 5.32 Å². The van der Waals surface area contributed by atoms with Gasteiger partial charge < -0.3 is 9.80 Å². The number of piperidine rings is 1. The molecule has 0 bridgehead atoms. The number of carbonyl (C=O) groups excluding carboxylic acids is 1. The Morgan fingerprint density at radius 2 is 1.77 bits per heavy atom. The van der Waals surface area contributed by atoms with Crippen molar-refractivity contribution in [1.29, 1.82) is 0 Å². The Labute approximate surface area is 157 Å². The van der Waals surface area contributed by atoms with Gasteiger partial charge in [0, 0.05) is 11.6 Å². The number of likely N-dealkylation sites (tertiary alicyclic amines) is 1. The Morgan fingerprint density at radius 1 is 1.08 bits per heavy atom. The molecule has 3 heteroatoms. The third kappa shape index (κ3) is 4.16. The van der Waals surface area contributed by atoms with Gasteiger partial charge in [-0.2, -0.15) is 0 Å². The number of nitrogens with zero attached hydrogens (tertiary/aromatic N) is 1. The Morgan fingerprint density at radius 3 is 2.42 bits per heavy atom. The largest absolute Gasteiger partial charge is 0.321 e. The Balaban J connectivity index is 1.72. The first kappa shape index (κ1) is 18.7. The summed E-state index contributed by atoms with van der Waals surface area (Å²) in [5, 5.41) is 3.18. The average Bonchev–Trinajstić information content (AvgIpc) is 2.66. The van der Waals surface area contributed by atoms with E-state index < -0.39 is 0 Å². The van der Waals surface area contributed by atoms with Gasteiger partial charge in [0.25, 0.3) is 5.91 Å². The van der Waals surface area contributed by atoms with Crippen LogP contribution in [0.3, 0.4) is 0 Å². The first-order valence-electron chi connectivity index (χ1n) is 9.79. The van der Waals surface area contributed by atoms with E-state index >= 15 is 0 Å². The van der Waals surface area contributed by atoms with E-state index in [-0.39, 0.29) is 5.91 Å². The number of hydrogen-bond acceptors (Lipinski definition) is 1. The summed E-state index contributed by atoms with van der Waals surface area (Å²) < 4.78 is 0.885. The van der Waals surface area contributed by atoms with Crippen molar-refractivity contribution in [3.8, 4) is 0 Å². The van der Waals surface area contributed by atoms with Crippen LogP contribution in [0.15, 0.2) is 48.5 Å². The van der Waals surface area contributed by atoms with Crippen LogP contribution in [-0.2, 0) is 4.79 Å². The second kappa shape index (κ2) is 8.05. The van der Waals surface area contributed by atoms with Crippen molar-refractivity contribution in [1.82, 2.24) is 0 Å². The molecular weight excluding hydrogens is 320 g/mol. The minimum atomic E-state index is 0.137. The van der Waals surface area contributed by atoms with Gasteiger partial charge in [-0.15, -0.1) is 0 Å². The zero-order chi connectivity index (χ0) is 18.6. The molecule has 0 aliphatic carbocycles. The van der Waals surface area contributed by atoms with Gasteiger partial charge in [0.2, 0.25) is 0 Å². The second-order valence-electron chi connectivity index (χ2n) is 7.79. The molecule has 2 atom stereocenters. The number of carbonyl (C=O) groups is 1. The normalized spacial score (nSPS) is 22.8. The number of para-hydroxylation sites is 1. The van der Waals surface area contributed by atoms with Gasteiger partial charge in [-0.1, -0.05) is 48.5 Å². The molecule has 2 unspecified atom stereocenters. The van der Waals surface area contributed by atoms with E-state index in [0.717, 1.165) is 40.9 Å². The minimum absolute atomic E-state index is 0.137. The molecule has 1 aliphatic heterocycles. The Kier molecular flexibility index (Phi) is 5.77. The number of likely N-dealkylation sites (N-methyl/N-ethyl adjacent to an activating group) is 1. The molecule has 2 aromatic carbocycles. The molecule has 1 amide bonds. The summed E-state index contributed by atoms with van der Waals surface area (Å²) in [4.78, 5) is 12.9. The van der Waals surface area contributed by atoms with Gasteiger partial charge in [-0.05, 0) is 50.3 Å². The van der Waals surface area contributed by atoms with Crippen LogP contribution in [-0.4, -0.2) is 36.6 Å². The predicted octanol–water partition coefficient (Wildman–Crippen LogP) is 4.66. The molecule has 0 radical (unpaired) electrons. The predicted molar refractivity (Wildman–Crippen MR) is 108 cm³/mol. The summed E-state index contributed by atoms with van der Waals surface area (Å²) in [6, 6.07) is 16.9. The molecule has 3 nitrogen and oxygen atoms in total. The maximum absolute atomic E-state index is 12.9. The smallest absolute Gasteiger partial charge is 0.279 e. The van der Waals surface area contributed by atoms with Crippen molar-refractivity contribution in [3.63, 3.8) is 0 Å². The molecule has 1 saturated heterocycles. The van der Waals surface area contributed by atoms with Gasteiger partial charge in [0.15, 0.2) is 6.54 Å². The van der Waals surface area contributed by atoms with Crippen LogP contribution in [0.4, 0.5) is 5.69 Å². The number of amides is 1. The lowest BCUT2D eigenvalue weighted by Gasteiger charge is -2.43. The third-order valence-corrected chi connectivity index (χ3v) is 5.96. The van der Waals surface area contributed by atoms with Crippen molar-refractivity contribution in [2.45, 2.75) is 39.5 Å². The van der Waals surface area contributed by atoms with Gasteiger partial charge >= 0.3 is 0 Å². The summed E-state index contributed by atoms with van der Waals surface area (Å²) >= 11 is 0. The van der Waals surface area contributed by atoms with Crippen LogP contribution in [0.2, 0.25) is 0 Å². The molecule has 3 rings (SSSR count).